The van der Waals surface area contributed by atoms with Gasteiger partial charge in [0.2, 0.25) is 5.91 Å². The van der Waals surface area contributed by atoms with Crippen LogP contribution in [0, 0.1) is 0 Å². The molecule has 0 aromatic carbocycles. The molecule has 1 N–H and O–H groups in total. The molecular formula is C13H21N5O. The minimum Gasteiger partial charge on any atom is -0.369 e. The van der Waals surface area contributed by atoms with Gasteiger partial charge in [-0.2, -0.15) is 0 Å². The minimum atomic E-state index is 0.143. The third-order valence-corrected chi connectivity index (χ3v) is 3.23. The second-order valence-electron chi connectivity index (χ2n) is 4.68. The number of hydrogen-bond acceptors (Lipinski definition) is 5. The van der Waals surface area contributed by atoms with Crippen molar-refractivity contribution in [3.8, 4) is 0 Å². The molecule has 1 aliphatic heterocycles. The summed E-state index contributed by atoms with van der Waals surface area (Å²) >= 11 is 0. The fraction of sp³-hybridized carbons (Fsp3) is 0.615. The summed E-state index contributed by atoms with van der Waals surface area (Å²) in [5.41, 5.74) is 0. The number of rotatable bonds is 4. The van der Waals surface area contributed by atoms with Gasteiger partial charge in [-0.05, 0) is 6.42 Å². The molecule has 0 radical (unpaired) electrons. The molecule has 2 heterocycles. The van der Waals surface area contributed by atoms with Crippen LogP contribution in [0.25, 0.3) is 0 Å². The van der Waals surface area contributed by atoms with E-state index in [2.05, 4.69) is 27.1 Å². The molecule has 0 aliphatic carbocycles. The number of hydrogen-bond donors (Lipinski definition) is 1. The number of amides is 1. The van der Waals surface area contributed by atoms with E-state index in [0.717, 1.165) is 50.8 Å². The minimum absolute atomic E-state index is 0.143. The smallest absolute Gasteiger partial charge is 0.219 e. The van der Waals surface area contributed by atoms with Gasteiger partial charge in [0.25, 0.3) is 0 Å². The Morgan fingerprint density at radius 1 is 1.32 bits per heavy atom. The average molecular weight is 263 g/mol. The van der Waals surface area contributed by atoms with Gasteiger partial charge in [0.15, 0.2) is 0 Å². The van der Waals surface area contributed by atoms with Gasteiger partial charge in [0.1, 0.15) is 11.6 Å². The predicted octanol–water partition coefficient (Wildman–Crippen LogP) is 0.967. The molecule has 1 aromatic rings. The zero-order valence-electron chi connectivity index (χ0n) is 11.6. The topological polar surface area (TPSA) is 61.4 Å². The fourth-order valence-electron chi connectivity index (χ4n) is 2.10. The zero-order chi connectivity index (χ0) is 13.7. The van der Waals surface area contributed by atoms with Gasteiger partial charge in [-0.15, -0.1) is 0 Å². The van der Waals surface area contributed by atoms with Crippen LogP contribution in [0.2, 0.25) is 0 Å². The molecule has 1 aromatic heterocycles. The number of anilines is 2. The molecule has 0 bridgehead atoms. The van der Waals surface area contributed by atoms with Crippen molar-refractivity contribution in [2.24, 2.45) is 0 Å². The van der Waals surface area contributed by atoms with E-state index in [-0.39, 0.29) is 5.91 Å². The summed E-state index contributed by atoms with van der Waals surface area (Å²) < 4.78 is 0. The normalized spacial score (nSPS) is 15.5. The summed E-state index contributed by atoms with van der Waals surface area (Å²) in [7, 11) is 0. The first-order chi connectivity index (χ1) is 9.20. The monoisotopic (exact) mass is 263 g/mol. The van der Waals surface area contributed by atoms with Crippen LogP contribution in [0.1, 0.15) is 20.3 Å². The van der Waals surface area contributed by atoms with Gasteiger partial charge in [-0.25, -0.2) is 4.98 Å². The second-order valence-corrected chi connectivity index (χ2v) is 4.68. The first-order valence-corrected chi connectivity index (χ1v) is 6.77. The molecule has 6 nitrogen and oxygen atoms in total. The Morgan fingerprint density at radius 2 is 2.05 bits per heavy atom. The Labute approximate surface area is 113 Å². The third kappa shape index (κ3) is 3.56. The molecule has 2 rings (SSSR count). The third-order valence-electron chi connectivity index (χ3n) is 3.23. The summed E-state index contributed by atoms with van der Waals surface area (Å²) in [4.78, 5) is 24.1. The molecule has 0 spiro atoms. The fourth-order valence-corrected chi connectivity index (χ4v) is 2.10. The van der Waals surface area contributed by atoms with Crippen LogP contribution in [-0.4, -0.2) is 53.5 Å². The lowest BCUT2D eigenvalue weighted by molar-refractivity contribution is -0.129. The van der Waals surface area contributed by atoms with Crippen LogP contribution in [0.5, 0.6) is 0 Å². The largest absolute Gasteiger partial charge is 0.369 e. The van der Waals surface area contributed by atoms with Crippen molar-refractivity contribution in [3.05, 3.63) is 12.4 Å². The molecule has 1 fully saturated rings. The highest BCUT2D eigenvalue weighted by molar-refractivity contribution is 5.73. The zero-order valence-corrected chi connectivity index (χ0v) is 11.6. The standard InChI is InChI=1S/C13H21N5O/c1-3-4-15-12-9-14-10-13(16-12)18-7-5-17(6-8-18)11(2)19/h9-10H,3-8H2,1-2H3,(H,15,16). The van der Waals surface area contributed by atoms with Gasteiger partial charge in [-0.3, -0.25) is 9.78 Å². The SMILES string of the molecule is CCCNc1cncc(N2CCN(C(C)=O)CC2)n1. The van der Waals surface area contributed by atoms with E-state index in [1.54, 1.807) is 19.3 Å². The Morgan fingerprint density at radius 3 is 2.68 bits per heavy atom. The highest BCUT2D eigenvalue weighted by Gasteiger charge is 2.19. The summed E-state index contributed by atoms with van der Waals surface area (Å²) in [6.45, 7) is 7.76. The molecule has 0 saturated carbocycles. The van der Waals surface area contributed by atoms with E-state index in [1.165, 1.54) is 0 Å². The quantitative estimate of drug-likeness (QED) is 0.877. The summed E-state index contributed by atoms with van der Waals surface area (Å²) in [6, 6.07) is 0. The predicted molar refractivity (Wildman–Crippen MR) is 75.3 cm³/mol. The van der Waals surface area contributed by atoms with Crippen LogP contribution in [-0.2, 0) is 4.79 Å². The average Bonchev–Trinajstić information content (AvgIpc) is 2.45. The number of piperazine rings is 1. The van der Waals surface area contributed by atoms with E-state index in [0.29, 0.717) is 0 Å². The van der Waals surface area contributed by atoms with E-state index in [4.69, 9.17) is 0 Å². The summed E-state index contributed by atoms with van der Waals surface area (Å²) in [5, 5.41) is 3.24. The Bertz CT molecular complexity index is 429. The van der Waals surface area contributed by atoms with Gasteiger partial charge < -0.3 is 15.1 Å². The van der Waals surface area contributed by atoms with Crippen molar-refractivity contribution in [2.75, 3.05) is 42.9 Å². The lowest BCUT2D eigenvalue weighted by Gasteiger charge is -2.34. The Hall–Kier alpha value is -1.85. The molecule has 1 aliphatic rings. The molecule has 1 amide bonds. The van der Waals surface area contributed by atoms with Crippen LogP contribution >= 0.6 is 0 Å². The molecule has 0 unspecified atom stereocenters. The van der Waals surface area contributed by atoms with Crippen LogP contribution in [0.15, 0.2) is 12.4 Å². The highest BCUT2D eigenvalue weighted by Crippen LogP contribution is 2.14. The van der Waals surface area contributed by atoms with Gasteiger partial charge in [0, 0.05) is 39.6 Å². The van der Waals surface area contributed by atoms with Crippen molar-refractivity contribution >= 4 is 17.5 Å². The maximum atomic E-state index is 11.3. The molecule has 0 atom stereocenters. The van der Waals surface area contributed by atoms with Gasteiger partial charge >= 0.3 is 0 Å². The lowest BCUT2D eigenvalue weighted by atomic mass is 10.3. The molecule has 19 heavy (non-hydrogen) atoms. The number of aromatic nitrogens is 2. The Kier molecular flexibility index (Phi) is 4.54. The van der Waals surface area contributed by atoms with E-state index in [9.17, 15) is 4.79 Å². The lowest BCUT2D eigenvalue weighted by Crippen LogP contribution is -2.48. The van der Waals surface area contributed by atoms with E-state index < -0.39 is 0 Å². The summed E-state index contributed by atoms with van der Waals surface area (Å²) in [5.74, 6) is 1.83. The Balaban J connectivity index is 1.97. The summed E-state index contributed by atoms with van der Waals surface area (Å²) in [6.07, 6.45) is 4.58. The molecule has 104 valence electrons. The van der Waals surface area contributed by atoms with Crippen molar-refractivity contribution < 1.29 is 4.79 Å². The maximum absolute atomic E-state index is 11.3. The van der Waals surface area contributed by atoms with Crippen LogP contribution < -0.4 is 10.2 Å². The highest BCUT2D eigenvalue weighted by atomic mass is 16.2. The molecule has 6 heteroatoms. The number of nitrogens with zero attached hydrogens (tertiary/aromatic N) is 4. The molecule has 1 saturated heterocycles. The van der Waals surface area contributed by atoms with E-state index >= 15 is 0 Å². The van der Waals surface area contributed by atoms with Crippen molar-refractivity contribution in [1.82, 2.24) is 14.9 Å². The van der Waals surface area contributed by atoms with Crippen molar-refractivity contribution in [1.29, 1.82) is 0 Å². The van der Waals surface area contributed by atoms with E-state index in [1.807, 2.05) is 4.90 Å². The van der Waals surface area contributed by atoms with Gasteiger partial charge in [0.05, 0.1) is 12.4 Å². The van der Waals surface area contributed by atoms with Crippen molar-refractivity contribution in [3.63, 3.8) is 0 Å². The van der Waals surface area contributed by atoms with Gasteiger partial charge in [-0.1, -0.05) is 6.92 Å². The second kappa shape index (κ2) is 6.36. The van der Waals surface area contributed by atoms with Crippen molar-refractivity contribution in [2.45, 2.75) is 20.3 Å². The first kappa shape index (κ1) is 13.6. The maximum Gasteiger partial charge on any atom is 0.219 e. The number of nitrogens with one attached hydrogen (secondary N) is 1. The van der Waals surface area contributed by atoms with Crippen LogP contribution in [0.3, 0.4) is 0 Å². The number of carbonyl (C=O) groups excluding carboxylic acids is 1. The number of carbonyl (C=O) groups is 1. The first-order valence-electron chi connectivity index (χ1n) is 6.77. The van der Waals surface area contributed by atoms with Crippen LogP contribution in [0.4, 0.5) is 11.6 Å². The molecular weight excluding hydrogens is 242 g/mol.